The molecule has 23 heavy (non-hydrogen) atoms. The topological polar surface area (TPSA) is 32.8 Å². The van der Waals surface area contributed by atoms with Gasteiger partial charge < -0.3 is 14.5 Å². The van der Waals surface area contributed by atoms with E-state index in [1.807, 2.05) is 68.7 Å². The van der Waals surface area contributed by atoms with Gasteiger partial charge in [-0.25, -0.2) is 0 Å². The number of hydrogen-bond acceptors (Lipinski definition) is 3. The van der Waals surface area contributed by atoms with E-state index in [1.54, 1.807) is 11.0 Å². The Kier molecular flexibility index (Phi) is 4.44. The quantitative estimate of drug-likeness (QED) is 0.814. The molecule has 0 N–H and O–H groups in total. The molecule has 0 fully saturated rings. The van der Waals surface area contributed by atoms with Crippen molar-refractivity contribution in [3.8, 4) is 5.75 Å². The summed E-state index contributed by atoms with van der Waals surface area (Å²) in [5.74, 6) is 0.969. The lowest BCUT2D eigenvalue weighted by atomic mass is 10.1. The summed E-state index contributed by atoms with van der Waals surface area (Å²) in [5.41, 5.74) is 1.77. The van der Waals surface area contributed by atoms with Crippen molar-refractivity contribution in [2.75, 3.05) is 32.1 Å². The van der Waals surface area contributed by atoms with Crippen molar-refractivity contribution in [3.05, 3.63) is 65.9 Å². The smallest absolute Gasteiger partial charge is 0.294 e. The Hall–Kier alpha value is -2.59. The van der Waals surface area contributed by atoms with Gasteiger partial charge in [-0.1, -0.05) is 42.5 Å². The van der Waals surface area contributed by atoms with E-state index in [4.69, 9.17) is 4.74 Å². The summed E-state index contributed by atoms with van der Waals surface area (Å²) in [4.78, 5) is 16.7. The number of anilines is 1. The van der Waals surface area contributed by atoms with E-state index in [9.17, 15) is 4.79 Å². The van der Waals surface area contributed by atoms with Crippen LogP contribution in [0.2, 0.25) is 0 Å². The molecule has 4 nitrogen and oxygen atoms in total. The zero-order chi connectivity index (χ0) is 16.2. The van der Waals surface area contributed by atoms with E-state index in [0.717, 1.165) is 17.8 Å². The van der Waals surface area contributed by atoms with Crippen LogP contribution in [0.3, 0.4) is 0 Å². The van der Waals surface area contributed by atoms with Crippen molar-refractivity contribution in [3.63, 3.8) is 0 Å². The minimum Gasteiger partial charge on any atom is -0.449 e. The van der Waals surface area contributed by atoms with Crippen molar-refractivity contribution in [1.82, 2.24) is 4.90 Å². The van der Waals surface area contributed by atoms with Crippen molar-refractivity contribution < 1.29 is 9.53 Å². The van der Waals surface area contributed by atoms with Gasteiger partial charge in [0.15, 0.2) is 11.5 Å². The van der Waals surface area contributed by atoms with Crippen molar-refractivity contribution in [2.24, 2.45) is 0 Å². The Balaban J connectivity index is 1.96. The first kappa shape index (κ1) is 15.3. The van der Waals surface area contributed by atoms with Gasteiger partial charge in [-0.3, -0.25) is 4.79 Å². The maximum Gasteiger partial charge on any atom is 0.294 e. The van der Waals surface area contributed by atoms with Crippen LogP contribution < -0.4 is 9.64 Å². The minimum atomic E-state index is -0.102. The normalized spacial score (nSPS) is 15.7. The third-order valence-corrected chi connectivity index (χ3v) is 3.70. The molecule has 0 unspecified atom stereocenters. The van der Waals surface area contributed by atoms with E-state index in [0.29, 0.717) is 18.1 Å². The maximum atomic E-state index is 12.8. The van der Waals surface area contributed by atoms with E-state index in [-0.39, 0.29) is 5.91 Å². The molecular weight excluding hydrogens is 288 g/mol. The van der Waals surface area contributed by atoms with Crippen LogP contribution in [-0.2, 0) is 4.79 Å². The molecule has 0 saturated carbocycles. The van der Waals surface area contributed by atoms with Crippen molar-refractivity contribution in [1.29, 1.82) is 0 Å². The molecular formula is C19H20N2O2. The van der Waals surface area contributed by atoms with Gasteiger partial charge in [0.25, 0.3) is 5.91 Å². The Morgan fingerprint density at radius 1 is 1.04 bits per heavy atom. The number of likely N-dealkylation sites (N-methyl/N-ethyl adjacent to an activating group) is 1. The maximum absolute atomic E-state index is 12.8. The predicted molar refractivity (Wildman–Crippen MR) is 92.4 cm³/mol. The van der Waals surface area contributed by atoms with E-state index < -0.39 is 0 Å². The van der Waals surface area contributed by atoms with E-state index >= 15 is 0 Å². The van der Waals surface area contributed by atoms with Crippen molar-refractivity contribution >= 4 is 17.7 Å². The average Bonchev–Trinajstić information content (AvgIpc) is 2.56. The summed E-state index contributed by atoms with van der Waals surface area (Å²) in [6, 6.07) is 17.4. The fourth-order valence-corrected chi connectivity index (χ4v) is 2.48. The number of amides is 1. The number of para-hydroxylation sites is 2. The number of nitrogens with zero attached hydrogens (tertiary/aromatic N) is 2. The first-order valence-corrected chi connectivity index (χ1v) is 7.65. The standard InChI is InChI=1S/C19H20N2O2/c1-20(2)12-13-21-16-10-6-7-11-17(16)23-18(19(21)22)14-15-8-4-3-5-9-15/h3-11,14H,12-13H2,1-2H3/b18-14-. The molecule has 0 atom stereocenters. The third-order valence-electron chi connectivity index (χ3n) is 3.70. The van der Waals surface area contributed by atoms with Crippen LogP contribution in [0.1, 0.15) is 5.56 Å². The molecule has 0 saturated heterocycles. The third kappa shape index (κ3) is 3.43. The molecule has 2 aromatic carbocycles. The van der Waals surface area contributed by atoms with Crippen LogP contribution in [0.15, 0.2) is 60.4 Å². The highest BCUT2D eigenvalue weighted by Crippen LogP contribution is 2.35. The Morgan fingerprint density at radius 2 is 1.74 bits per heavy atom. The lowest BCUT2D eigenvalue weighted by molar-refractivity contribution is -0.117. The molecule has 2 aromatic rings. The Bertz CT molecular complexity index is 723. The van der Waals surface area contributed by atoms with E-state index in [1.165, 1.54) is 0 Å². The van der Waals surface area contributed by atoms with Gasteiger partial charge in [0.2, 0.25) is 0 Å². The first-order valence-electron chi connectivity index (χ1n) is 7.65. The number of ether oxygens (including phenoxy) is 1. The van der Waals surface area contributed by atoms with E-state index in [2.05, 4.69) is 4.90 Å². The molecule has 0 radical (unpaired) electrons. The monoisotopic (exact) mass is 308 g/mol. The molecule has 0 aromatic heterocycles. The van der Waals surface area contributed by atoms with Crippen LogP contribution >= 0.6 is 0 Å². The molecule has 1 heterocycles. The van der Waals surface area contributed by atoms with Crippen LogP contribution in [0.4, 0.5) is 5.69 Å². The summed E-state index contributed by atoms with van der Waals surface area (Å²) >= 11 is 0. The fourth-order valence-electron chi connectivity index (χ4n) is 2.48. The SMILES string of the molecule is CN(C)CCN1C(=O)/C(=C/c2ccccc2)Oc2ccccc21. The van der Waals surface area contributed by atoms with Crippen LogP contribution in [-0.4, -0.2) is 38.0 Å². The molecule has 118 valence electrons. The second-order valence-electron chi connectivity index (χ2n) is 5.75. The van der Waals surface area contributed by atoms with Gasteiger partial charge in [0, 0.05) is 13.1 Å². The first-order chi connectivity index (χ1) is 11.1. The number of rotatable bonds is 4. The molecule has 3 rings (SSSR count). The number of carbonyl (C=O) groups excluding carboxylic acids is 1. The number of carbonyl (C=O) groups is 1. The second-order valence-corrected chi connectivity index (χ2v) is 5.75. The molecule has 0 spiro atoms. The Labute approximate surface area is 136 Å². The molecule has 0 bridgehead atoms. The molecule has 4 heteroatoms. The minimum absolute atomic E-state index is 0.102. The number of benzene rings is 2. The largest absolute Gasteiger partial charge is 0.449 e. The second kappa shape index (κ2) is 6.67. The summed E-state index contributed by atoms with van der Waals surface area (Å²) in [6.07, 6.45) is 1.79. The summed E-state index contributed by atoms with van der Waals surface area (Å²) in [7, 11) is 4.00. The molecule has 0 aliphatic carbocycles. The zero-order valence-corrected chi connectivity index (χ0v) is 13.4. The molecule has 1 aliphatic heterocycles. The molecule has 1 amide bonds. The van der Waals surface area contributed by atoms with Gasteiger partial charge in [-0.2, -0.15) is 0 Å². The fraction of sp³-hybridized carbons (Fsp3) is 0.211. The highest BCUT2D eigenvalue weighted by atomic mass is 16.5. The lowest BCUT2D eigenvalue weighted by Gasteiger charge is -2.31. The highest BCUT2D eigenvalue weighted by molar-refractivity contribution is 6.09. The molecule has 1 aliphatic rings. The highest BCUT2D eigenvalue weighted by Gasteiger charge is 2.29. The van der Waals surface area contributed by atoms with Gasteiger partial charge in [-0.05, 0) is 37.9 Å². The Morgan fingerprint density at radius 3 is 2.48 bits per heavy atom. The van der Waals surface area contributed by atoms with Gasteiger partial charge >= 0.3 is 0 Å². The van der Waals surface area contributed by atoms with Crippen molar-refractivity contribution in [2.45, 2.75) is 0 Å². The summed E-state index contributed by atoms with van der Waals surface area (Å²) in [6.45, 7) is 1.41. The van der Waals surface area contributed by atoms with Crippen LogP contribution in [0.5, 0.6) is 5.75 Å². The number of hydrogen-bond donors (Lipinski definition) is 0. The summed E-state index contributed by atoms with van der Waals surface area (Å²) in [5, 5.41) is 0. The average molecular weight is 308 g/mol. The summed E-state index contributed by atoms with van der Waals surface area (Å²) < 4.78 is 5.84. The van der Waals surface area contributed by atoms with Gasteiger partial charge in [0.1, 0.15) is 0 Å². The lowest BCUT2D eigenvalue weighted by Crippen LogP contribution is -2.41. The number of fused-ring (bicyclic) bond motifs is 1. The van der Waals surface area contributed by atoms with Gasteiger partial charge in [0.05, 0.1) is 5.69 Å². The van der Waals surface area contributed by atoms with Crippen LogP contribution in [0, 0.1) is 0 Å². The zero-order valence-electron chi connectivity index (χ0n) is 13.4. The predicted octanol–water partition coefficient (Wildman–Crippen LogP) is 3.01. The van der Waals surface area contributed by atoms with Crippen LogP contribution in [0.25, 0.3) is 6.08 Å². The van der Waals surface area contributed by atoms with Gasteiger partial charge in [-0.15, -0.1) is 0 Å².